The van der Waals surface area contributed by atoms with Gasteiger partial charge in [0, 0.05) is 55.0 Å². The predicted octanol–water partition coefficient (Wildman–Crippen LogP) is 4.17. The van der Waals surface area contributed by atoms with Crippen LogP contribution in [-0.4, -0.2) is 38.8 Å². The van der Waals surface area contributed by atoms with Gasteiger partial charge in [0.1, 0.15) is 5.82 Å². The van der Waals surface area contributed by atoms with Crippen molar-refractivity contribution in [3.63, 3.8) is 0 Å². The second-order valence-electron chi connectivity index (χ2n) is 7.82. The zero-order valence-corrected chi connectivity index (χ0v) is 16.3. The molecule has 2 fully saturated rings. The highest BCUT2D eigenvalue weighted by Gasteiger charge is 2.34. The molecule has 0 bridgehead atoms. The van der Waals surface area contributed by atoms with Crippen molar-refractivity contribution in [2.24, 2.45) is 5.92 Å². The molecule has 1 aliphatic carbocycles. The first-order chi connectivity index (χ1) is 13.2. The summed E-state index contributed by atoms with van der Waals surface area (Å²) in [5.41, 5.74) is 3.30. The van der Waals surface area contributed by atoms with Gasteiger partial charge in [0.25, 0.3) is 0 Å². The summed E-state index contributed by atoms with van der Waals surface area (Å²) in [7, 11) is 0. The number of carbonyl (C=O) groups is 1. The second-order valence-corrected chi connectivity index (χ2v) is 7.82. The zero-order valence-electron chi connectivity index (χ0n) is 16.3. The molecule has 0 aromatic carbocycles. The second kappa shape index (κ2) is 7.75. The lowest BCUT2D eigenvalue weighted by Gasteiger charge is -2.22. The van der Waals surface area contributed by atoms with Crippen molar-refractivity contribution in [2.45, 2.75) is 57.8 Å². The van der Waals surface area contributed by atoms with Crippen LogP contribution in [0.2, 0.25) is 0 Å². The lowest BCUT2D eigenvalue weighted by atomic mass is 9.96. The summed E-state index contributed by atoms with van der Waals surface area (Å²) in [5, 5.41) is 0. The van der Waals surface area contributed by atoms with Gasteiger partial charge in [-0.15, -0.1) is 0 Å². The number of pyridine rings is 1. The SMILES string of the molecule is CCC(CC)C(=O)N1CC[C@H](c2nc(C3CC3)ncc2-c2ccncc2)C1. The molecule has 2 aromatic rings. The first-order valence-electron chi connectivity index (χ1n) is 10.3. The van der Waals surface area contributed by atoms with Crippen LogP contribution in [0.25, 0.3) is 11.1 Å². The molecule has 0 unspecified atom stereocenters. The Kier molecular flexibility index (Phi) is 5.19. The molecule has 1 saturated carbocycles. The van der Waals surface area contributed by atoms with Gasteiger partial charge < -0.3 is 4.90 Å². The number of hydrogen-bond acceptors (Lipinski definition) is 4. The van der Waals surface area contributed by atoms with Crippen LogP contribution in [-0.2, 0) is 4.79 Å². The van der Waals surface area contributed by atoms with Crippen LogP contribution in [0.4, 0.5) is 0 Å². The quantitative estimate of drug-likeness (QED) is 0.772. The van der Waals surface area contributed by atoms with Gasteiger partial charge >= 0.3 is 0 Å². The minimum absolute atomic E-state index is 0.149. The van der Waals surface area contributed by atoms with E-state index in [0.717, 1.165) is 55.0 Å². The third-order valence-electron chi connectivity index (χ3n) is 5.99. The normalized spacial score (nSPS) is 19.7. The van der Waals surface area contributed by atoms with Crippen molar-refractivity contribution < 1.29 is 4.79 Å². The van der Waals surface area contributed by atoms with E-state index in [1.807, 2.05) is 30.7 Å². The summed E-state index contributed by atoms with van der Waals surface area (Å²) in [5.74, 6) is 2.25. The van der Waals surface area contributed by atoms with Gasteiger partial charge in [0.15, 0.2) is 0 Å². The summed E-state index contributed by atoms with van der Waals surface area (Å²) in [6.07, 6.45) is 10.8. The fourth-order valence-electron chi connectivity index (χ4n) is 4.09. The van der Waals surface area contributed by atoms with E-state index in [-0.39, 0.29) is 11.8 Å². The molecule has 1 saturated heterocycles. The minimum Gasteiger partial charge on any atom is -0.342 e. The molecule has 0 spiro atoms. The largest absolute Gasteiger partial charge is 0.342 e. The number of nitrogens with zero attached hydrogens (tertiary/aromatic N) is 4. The molecule has 5 heteroatoms. The van der Waals surface area contributed by atoms with Gasteiger partial charge in [-0.05, 0) is 49.8 Å². The van der Waals surface area contributed by atoms with Crippen LogP contribution in [0, 0.1) is 5.92 Å². The molecule has 4 rings (SSSR count). The minimum atomic E-state index is 0.149. The highest BCUT2D eigenvalue weighted by atomic mass is 16.2. The lowest BCUT2D eigenvalue weighted by Crippen LogP contribution is -2.34. The van der Waals surface area contributed by atoms with Gasteiger partial charge in [-0.3, -0.25) is 9.78 Å². The Labute approximate surface area is 161 Å². The molecule has 142 valence electrons. The van der Waals surface area contributed by atoms with Crippen LogP contribution in [0.15, 0.2) is 30.7 Å². The Morgan fingerprint density at radius 2 is 1.89 bits per heavy atom. The van der Waals surface area contributed by atoms with Crippen LogP contribution in [0.5, 0.6) is 0 Å². The summed E-state index contributed by atoms with van der Waals surface area (Å²) >= 11 is 0. The van der Waals surface area contributed by atoms with E-state index in [1.165, 1.54) is 12.8 Å². The number of hydrogen-bond donors (Lipinski definition) is 0. The van der Waals surface area contributed by atoms with E-state index in [4.69, 9.17) is 4.98 Å². The van der Waals surface area contributed by atoms with Crippen LogP contribution in [0.1, 0.15) is 69.3 Å². The Hall–Kier alpha value is -2.30. The Morgan fingerprint density at radius 3 is 2.56 bits per heavy atom. The average molecular weight is 364 g/mol. The Bertz CT molecular complexity index is 799. The van der Waals surface area contributed by atoms with Crippen molar-refractivity contribution in [2.75, 3.05) is 13.1 Å². The number of aromatic nitrogens is 3. The molecule has 5 nitrogen and oxygen atoms in total. The molecule has 1 amide bonds. The van der Waals surface area contributed by atoms with E-state index >= 15 is 0 Å². The van der Waals surface area contributed by atoms with Crippen LogP contribution < -0.4 is 0 Å². The molecular formula is C22H28N4O. The van der Waals surface area contributed by atoms with E-state index in [2.05, 4.69) is 28.7 Å². The maximum Gasteiger partial charge on any atom is 0.225 e. The predicted molar refractivity (Wildman–Crippen MR) is 105 cm³/mol. The highest BCUT2D eigenvalue weighted by Crippen LogP contribution is 2.40. The number of rotatable bonds is 6. The van der Waals surface area contributed by atoms with Gasteiger partial charge in [0.2, 0.25) is 5.91 Å². The molecule has 1 atom stereocenters. The summed E-state index contributed by atoms with van der Waals surface area (Å²) in [6, 6.07) is 4.03. The number of carbonyl (C=O) groups excluding carboxylic acids is 1. The van der Waals surface area contributed by atoms with Crippen molar-refractivity contribution in [1.29, 1.82) is 0 Å². The van der Waals surface area contributed by atoms with E-state index in [1.54, 1.807) is 0 Å². The first-order valence-corrected chi connectivity index (χ1v) is 10.3. The van der Waals surface area contributed by atoms with E-state index in [0.29, 0.717) is 11.8 Å². The highest BCUT2D eigenvalue weighted by molar-refractivity contribution is 5.79. The van der Waals surface area contributed by atoms with Gasteiger partial charge in [-0.2, -0.15) is 0 Å². The molecule has 0 N–H and O–H groups in total. The molecule has 1 aliphatic heterocycles. The fraction of sp³-hybridized carbons (Fsp3) is 0.545. The van der Waals surface area contributed by atoms with Gasteiger partial charge in [0.05, 0.1) is 5.69 Å². The molecular weight excluding hydrogens is 336 g/mol. The fourth-order valence-corrected chi connectivity index (χ4v) is 4.09. The number of likely N-dealkylation sites (tertiary alicyclic amines) is 1. The van der Waals surface area contributed by atoms with Crippen molar-refractivity contribution in [3.8, 4) is 11.1 Å². The molecule has 0 radical (unpaired) electrons. The van der Waals surface area contributed by atoms with E-state index < -0.39 is 0 Å². The summed E-state index contributed by atoms with van der Waals surface area (Å²) in [6.45, 7) is 5.81. The van der Waals surface area contributed by atoms with Crippen molar-refractivity contribution in [3.05, 3.63) is 42.2 Å². The Balaban J connectivity index is 1.62. The maximum atomic E-state index is 12.8. The Morgan fingerprint density at radius 1 is 1.15 bits per heavy atom. The zero-order chi connectivity index (χ0) is 18.8. The van der Waals surface area contributed by atoms with Gasteiger partial charge in [-0.25, -0.2) is 9.97 Å². The third-order valence-corrected chi connectivity index (χ3v) is 5.99. The molecule has 2 aliphatic rings. The molecule has 2 aromatic heterocycles. The smallest absolute Gasteiger partial charge is 0.225 e. The summed E-state index contributed by atoms with van der Waals surface area (Å²) < 4.78 is 0. The van der Waals surface area contributed by atoms with Crippen molar-refractivity contribution in [1.82, 2.24) is 19.9 Å². The average Bonchev–Trinajstić information content (AvgIpc) is 3.45. The number of amides is 1. The topological polar surface area (TPSA) is 59.0 Å². The van der Waals surface area contributed by atoms with Crippen molar-refractivity contribution >= 4 is 5.91 Å². The standard InChI is InChI=1S/C22H28N4O/c1-3-15(4-2)22(27)26-12-9-18(14-26)20-19(16-7-10-23-11-8-16)13-24-21(25-20)17-5-6-17/h7-8,10-11,13,15,17-18H,3-6,9,12,14H2,1-2H3/t18-/m0/s1. The first kappa shape index (κ1) is 18.1. The van der Waals surface area contributed by atoms with Crippen LogP contribution in [0.3, 0.4) is 0 Å². The third kappa shape index (κ3) is 3.73. The van der Waals surface area contributed by atoms with Gasteiger partial charge in [-0.1, -0.05) is 13.8 Å². The lowest BCUT2D eigenvalue weighted by molar-refractivity contribution is -0.134. The summed E-state index contributed by atoms with van der Waals surface area (Å²) in [4.78, 5) is 28.6. The molecule has 27 heavy (non-hydrogen) atoms. The van der Waals surface area contributed by atoms with Crippen LogP contribution >= 0.6 is 0 Å². The molecule has 3 heterocycles. The van der Waals surface area contributed by atoms with E-state index in [9.17, 15) is 4.79 Å². The monoisotopic (exact) mass is 364 g/mol. The maximum absolute atomic E-state index is 12.8.